The number of fused-ring (bicyclic) bond motifs is 1. The fourth-order valence-corrected chi connectivity index (χ4v) is 6.60. The standard InChI is InChI=1S/C34H49N7O2/c1-2-43-22-6-20-40-31-17-15-28(23-30(31)38-32(40)18-12-26-9-13-27(14-10-26)33(35)36)34(42)39-41-21-19-37-24-29(41)16-11-25-7-4-3-5-8-25/h9-10,13-15,17,23,25,29,37H,2-8,11-12,16,18-22,24H2,1H3,(H3,35,36)(H,39,42). The number of carbonyl (C=O) groups excluding carboxylic acids is 1. The van der Waals surface area contributed by atoms with Gasteiger partial charge in [-0.15, -0.1) is 0 Å². The summed E-state index contributed by atoms with van der Waals surface area (Å²) in [5.74, 6) is 1.86. The van der Waals surface area contributed by atoms with Crippen molar-refractivity contribution < 1.29 is 9.53 Å². The van der Waals surface area contributed by atoms with Crippen molar-refractivity contribution >= 4 is 22.8 Å². The summed E-state index contributed by atoms with van der Waals surface area (Å²) in [5, 5.41) is 13.3. The van der Waals surface area contributed by atoms with Crippen LogP contribution in [0.1, 0.15) is 85.6 Å². The van der Waals surface area contributed by atoms with Crippen LogP contribution in [0.15, 0.2) is 42.5 Å². The molecule has 1 atom stereocenters. The molecule has 5 rings (SSSR count). The molecule has 0 radical (unpaired) electrons. The Kier molecular flexibility index (Phi) is 11.2. The summed E-state index contributed by atoms with van der Waals surface area (Å²) >= 11 is 0. The molecule has 3 aromatic rings. The third-order valence-corrected chi connectivity index (χ3v) is 9.09. The van der Waals surface area contributed by atoms with Gasteiger partial charge in [0, 0.05) is 63.0 Å². The first-order valence-electron chi connectivity index (χ1n) is 16.3. The molecule has 1 unspecified atom stereocenters. The number of piperazine rings is 1. The largest absolute Gasteiger partial charge is 0.384 e. The lowest BCUT2D eigenvalue weighted by Gasteiger charge is -2.37. The van der Waals surface area contributed by atoms with Gasteiger partial charge in [-0.05, 0) is 62.3 Å². The van der Waals surface area contributed by atoms with Crippen molar-refractivity contribution in [3.8, 4) is 0 Å². The van der Waals surface area contributed by atoms with Gasteiger partial charge in [-0.3, -0.25) is 15.6 Å². The van der Waals surface area contributed by atoms with Crippen molar-refractivity contribution in [2.45, 2.75) is 83.7 Å². The molecular formula is C34H49N7O2. The summed E-state index contributed by atoms with van der Waals surface area (Å²) in [4.78, 5) is 18.5. The minimum Gasteiger partial charge on any atom is -0.384 e. The lowest BCUT2D eigenvalue weighted by Crippen LogP contribution is -2.58. The molecule has 1 amide bonds. The first-order valence-corrected chi connectivity index (χ1v) is 16.3. The van der Waals surface area contributed by atoms with Crippen LogP contribution in [0.2, 0.25) is 0 Å². The molecule has 1 saturated carbocycles. The van der Waals surface area contributed by atoms with E-state index in [1.54, 1.807) is 0 Å². The zero-order valence-corrected chi connectivity index (χ0v) is 25.7. The lowest BCUT2D eigenvalue weighted by atomic mass is 9.85. The van der Waals surface area contributed by atoms with E-state index in [0.717, 1.165) is 80.2 Å². The summed E-state index contributed by atoms with van der Waals surface area (Å²) in [7, 11) is 0. The number of carbonyl (C=O) groups is 1. The van der Waals surface area contributed by atoms with Crippen molar-refractivity contribution in [2.24, 2.45) is 11.7 Å². The van der Waals surface area contributed by atoms with Crippen LogP contribution in [0.3, 0.4) is 0 Å². The van der Waals surface area contributed by atoms with E-state index >= 15 is 0 Å². The summed E-state index contributed by atoms with van der Waals surface area (Å²) in [6.07, 6.45) is 11.7. The Bertz CT molecular complexity index is 1350. The maximum atomic E-state index is 13.5. The molecular weight excluding hydrogens is 538 g/mol. The van der Waals surface area contributed by atoms with E-state index in [9.17, 15) is 4.79 Å². The van der Waals surface area contributed by atoms with Gasteiger partial charge in [0.25, 0.3) is 5.91 Å². The number of hydrazine groups is 1. The zero-order valence-electron chi connectivity index (χ0n) is 25.7. The molecule has 2 heterocycles. The number of amides is 1. The Morgan fingerprint density at radius 3 is 2.65 bits per heavy atom. The van der Waals surface area contributed by atoms with Crippen molar-refractivity contribution in [2.75, 3.05) is 32.8 Å². The lowest BCUT2D eigenvalue weighted by molar-refractivity contribution is 0.0576. The molecule has 1 saturated heterocycles. The SMILES string of the molecule is CCOCCCn1c(CCc2ccc(C(=N)N)cc2)nc2cc(C(=O)NN3CCNCC3CCC3CCCCC3)ccc21. The highest BCUT2D eigenvalue weighted by Crippen LogP contribution is 2.28. The van der Waals surface area contributed by atoms with Crippen molar-refractivity contribution in [3.63, 3.8) is 0 Å². The van der Waals surface area contributed by atoms with Crippen molar-refractivity contribution in [3.05, 3.63) is 65.0 Å². The third-order valence-electron chi connectivity index (χ3n) is 9.09. The van der Waals surface area contributed by atoms with Crippen LogP contribution in [0.25, 0.3) is 11.0 Å². The Morgan fingerprint density at radius 1 is 1.09 bits per heavy atom. The second-order valence-corrected chi connectivity index (χ2v) is 12.1. The van der Waals surface area contributed by atoms with Gasteiger partial charge in [-0.1, -0.05) is 56.4 Å². The van der Waals surface area contributed by atoms with Crippen LogP contribution >= 0.6 is 0 Å². The van der Waals surface area contributed by atoms with Gasteiger partial charge in [-0.2, -0.15) is 0 Å². The van der Waals surface area contributed by atoms with Crippen LogP contribution in [0, 0.1) is 11.3 Å². The van der Waals surface area contributed by atoms with Gasteiger partial charge in [0.15, 0.2) is 0 Å². The zero-order chi connectivity index (χ0) is 30.0. The summed E-state index contributed by atoms with van der Waals surface area (Å²) < 4.78 is 7.88. The van der Waals surface area contributed by atoms with Gasteiger partial charge in [-0.25, -0.2) is 9.99 Å². The number of nitrogens with zero attached hydrogens (tertiary/aromatic N) is 3. The first kappa shape index (κ1) is 31.2. The third kappa shape index (κ3) is 8.43. The summed E-state index contributed by atoms with van der Waals surface area (Å²) in [6, 6.07) is 14.1. The van der Waals surface area contributed by atoms with E-state index < -0.39 is 0 Å². The maximum absolute atomic E-state index is 13.5. The average molecular weight is 588 g/mol. The van der Waals surface area contributed by atoms with E-state index in [-0.39, 0.29) is 11.7 Å². The summed E-state index contributed by atoms with van der Waals surface area (Å²) in [6.45, 7) is 6.85. The van der Waals surface area contributed by atoms with Crippen LogP contribution in [0.4, 0.5) is 0 Å². The fourth-order valence-electron chi connectivity index (χ4n) is 6.60. The van der Waals surface area contributed by atoms with Crippen LogP contribution < -0.4 is 16.5 Å². The molecule has 9 heteroatoms. The van der Waals surface area contributed by atoms with Crippen molar-refractivity contribution in [1.29, 1.82) is 5.41 Å². The Morgan fingerprint density at radius 2 is 1.88 bits per heavy atom. The highest BCUT2D eigenvalue weighted by Gasteiger charge is 2.26. The topological polar surface area (TPSA) is 121 Å². The number of imidazole rings is 1. The van der Waals surface area contributed by atoms with Gasteiger partial charge in [0.05, 0.1) is 11.0 Å². The smallest absolute Gasteiger partial charge is 0.265 e. The second kappa shape index (κ2) is 15.5. The van der Waals surface area contributed by atoms with E-state index in [0.29, 0.717) is 24.8 Å². The number of aromatic nitrogens is 2. The van der Waals surface area contributed by atoms with Crippen LogP contribution in [-0.2, 0) is 24.1 Å². The molecule has 2 aliphatic rings. The number of rotatable bonds is 14. The van der Waals surface area contributed by atoms with E-state index in [2.05, 4.69) is 20.3 Å². The monoisotopic (exact) mass is 587 g/mol. The predicted octanol–water partition coefficient (Wildman–Crippen LogP) is 4.81. The van der Waals surface area contributed by atoms with Gasteiger partial charge in [0.2, 0.25) is 0 Å². The number of hydrogen-bond acceptors (Lipinski definition) is 6. The normalized spacial score (nSPS) is 18.2. The molecule has 1 aliphatic carbocycles. The van der Waals surface area contributed by atoms with Crippen LogP contribution in [0.5, 0.6) is 0 Å². The maximum Gasteiger partial charge on any atom is 0.265 e. The average Bonchev–Trinajstić information content (AvgIpc) is 3.38. The molecule has 232 valence electrons. The Labute approximate surface area is 256 Å². The van der Waals surface area contributed by atoms with E-state index in [1.165, 1.54) is 44.1 Å². The highest BCUT2D eigenvalue weighted by molar-refractivity contribution is 5.97. The first-order chi connectivity index (χ1) is 21.0. The number of nitrogens with two attached hydrogens (primary N) is 1. The summed E-state index contributed by atoms with van der Waals surface area (Å²) in [5.41, 5.74) is 13.3. The van der Waals surface area contributed by atoms with E-state index in [4.69, 9.17) is 20.9 Å². The molecule has 43 heavy (non-hydrogen) atoms. The van der Waals surface area contributed by atoms with Gasteiger partial charge >= 0.3 is 0 Å². The minimum atomic E-state index is -0.0653. The molecule has 1 aliphatic heterocycles. The van der Waals surface area contributed by atoms with E-state index in [1.807, 2.05) is 49.4 Å². The molecule has 5 N–H and O–H groups in total. The molecule has 9 nitrogen and oxygen atoms in total. The van der Waals surface area contributed by atoms with Crippen molar-refractivity contribution in [1.82, 2.24) is 25.3 Å². The molecule has 2 aromatic carbocycles. The quantitative estimate of drug-likeness (QED) is 0.122. The Balaban J connectivity index is 1.27. The number of amidine groups is 1. The van der Waals surface area contributed by atoms with Crippen LogP contribution in [-0.4, -0.2) is 65.2 Å². The van der Waals surface area contributed by atoms with Gasteiger partial charge in [0.1, 0.15) is 11.7 Å². The highest BCUT2D eigenvalue weighted by atomic mass is 16.5. The molecule has 0 spiro atoms. The number of aryl methyl sites for hydroxylation is 3. The fraction of sp³-hybridized carbons (Fsp3) is 0.559. The minimum absolute atomic E-state index is 0.0653. The number of ether oxygens (including phenoxy) is 1. The number of hydrogen-bond donors (Lipinski definition) is 4. The second-order valence-electron chi connectivity index (χ2n) is 12.1. The molecule has 0 bridgehead atoms. The molecule has 2 fully saturated rings. The number of benzene rings is 2. The number of nitrogens with one attached hydrogen (secondary N) is 3. The Hall–Kier alpha value is -3.27. The molecule has 1 aromatic heterocycles. The predicted molar refractivity (Wildman–Crippen MR) is 172 cm³/mol. The van der Waals surface area contributed by atoms with Gasteiger partial charge < -0.3 is 20.4 Å². The number of nitrogen functional groups attached to an aromatic ring is 1.